The molecule has 0 aliphatic carbocycles. The number of carboxylic acid groups (broad SMARTS) is 1. The lowest BCUT2D eigenvalue weighted by molar-refractivity contribution is 0.0694. The Morgan fingerprint density at radius 2 is 1.86 bits per heavy atom. The van der Waals surface area contributed by atoms with Gasteiger partial charge in [-0.3, -0.25) is 0 Å². The number of halogens is 1. The summed E-state index contributed by atoms with van der Waals surface area (Å²) in [7, 11) is 1.64. The summed E-state index contributed by atoms with van der Waals surface area (Å²) in [5.41, 5.74) is 4.89. The van der Waals surface area contributed by atoms with Crippen molar-refractivity contribution >= 4 is 17.6 Å². The zero-order chi connectivity index (χ0) is 21.0. The second-order valence-corrected chi connectivity index (χ2v) is 7.40. The highest BCUT2D eigenvalue weighted by molar-refractivity contribution is 6.30. The molecule has 29 heavy (non-hydrogen) atoms. The predicted molar refractivity (Wildman–Crippen MR) is 115 cm³/mol. The van der Waals surface area contributed by atoms with Gasteiger partial charge >= 0.3 is 5.97 Å². The highest BCUT2D eigenvalue weighted by Gasteiger charge is 2.22. The number of methoxy groups -OCH3 is 1. The van der Waals surface area contributed by atoms with Crippen LogP contribution < -0.4 is 10.1 Å². The smallest absolute Gasteiger partial charge is 0.337 e. The molecular formula is C23H25ClN2O3. The normalized spacial score (nSPS) is 10.9. The zero-order valence-electron chi connectivity index (χ0n) is 16.8. The predicted octanol–water partition coefficient (Wildman–Crippen LogP) is 4.80. The Kier molecular flexibility index (Phi) is 6.62. The number of ether oxygens (including phenoxy) is 1. The Hall–Kier alpha value is -2.76. The van der Waals surface area contributed by atoms with E-state index in [0.717, 1.165) is 33.8 Å². The summed E-state index contributed by atoms with van der Waals surface area (Å²) in [5.74, 6) is -0.102. The van der Waals surface area contributed by atoms with Crippen LogP contribution in [0, 0.1) is 13.8 Å². The first-order chi connectivity index (χ1) is 13.9. The molecule has 2 N–H and O–H groups in total. The Balaban J connectivity index is 1.85. The Morgan fingerprint density at radius 3 is 2.55 bits per heavy atom. The molecule has 0 amide bonds. The molecule has 0 atom stereocenters. The van der Waals surface area contributed by atoms with Crippen LogP contribution in [0.2, 0.25) is 5.02 Å². The molecule has 0 unspecified atom stereocenters. The molecule has 5 nitrogen and oxygen atoms in total. The maximum atomic E-state index is 12.0. The van der Waals surface area contributed by atoms with Crippen molar-refractivity contribution < 1.29 is 14.6 Å². The van der Waals surface area contributed by atoms with Crippen molar-refractivity contribution in [1.29, 1.82) is 0 Å². The average molecular weight is 413 g/mol. The number of para-hydroxylation sites is 1. The molecule has 152 valence electrons. The largest absolute Gasteiger partial charge is 0.496 e. The van der Waals surface area contributed by atoms with E-state index in [1.165, 1.54) is 0 Å². The van der Waals surface area contributed by atoms with Gasteiger partial charge in [0.15, 0.2) is 0 Å². The topological polar surface area (TPSA) is 63.5 Å². The summed E-state index contributed by atoms with van der Waals surface area (Å²) >= 11 is 6.11. The summed E-state index contributed by atoms with van der Waals surface area (Å²) in [5, 5.41) is 13.8. The maximum Gasteiger partial charge on any atom is 0.337 e. The number of benzene rings is 2. The van der Waals surface area contributed by atoms with E-state index < -0.39 is 5.97 Å². The first-order valence-corrected chi connectivity index (χ1v) is 9.79. The number of nitrogens with zero attached hydrogens (tertiary/aromatic N) is 1. The number of aromatic nitrogens is 1. The van der Waals surface area contributed by atoms with Gasteiger partial charge in [-0.05, 0) is 37.6 Å². The molecule has 0 bridgehead atoms. The molecule has 0 saturated carbocycles. The van der Waals surface area contributed by atoms with Crippen molar-refractivity contribution in [1.82, 2.24) is 9.88 Å². The first-order valence-electron chi connectivity index (χ1n) is 9.41. The van der Waals surface area contributed by atoms with E-state index in [0.29, 0.717) is 30.2 Å². The number of aromatic carboxylic acids is 1. The number of hydrogen-bond acceptors (Lipinski definition) is 3. The van der Waals surface area contributed by atoms with Crippen molar-refractivity contribution in [3.05, 3.63) is 87.2 Å². The molecule has 1 heterocycles. The zero-order valence-corrected chi connectivity index (χ0v) is 17.6. The minimum Gasteiger partial charge on any atom is -0.496 e. The fraction of sp³-hybridized carbons (Fsp3) is 0.261. The minimum atomic E-state index is -0.912. The average Bonchev–Trinajstić information content (AvgIpc) is 2.93. The van der Waals surface area contributed by atoms with E-state index in [1.807, 2.05) is 66.9 Å². The van der Waals surface area contributed by atoms with Crippen molar-refractivity contribution in [3.8, 4) is 5.75 Å². The number of rotatable bonds is 8. The van der Waals surface area contributed by atoms with Gasteiger partial charge in [-0.15, -0.1) is 0 Å². The molecular weight excluding hydrogens is 388 g/mol. The standard InChI is InChI=1S/C23H25ClN2O3/c1-15-20(13-25-12-18-8-4-5-10-21(18)29-3)22(23(27)28)16(2)26(15)14-17-7-6-9-19(24)11-17/h4-11,25H,12-14H2,1-3H3,(H,27,28). The molecule has 6 heteroatoms. The summed E-state index contributed by atoms with van der Waals surface area (Å²) in [6.07, 6.45) is 0. The highest BCUT2D eigenvalue weighted by Crippen LogP contribution is 2.25. The Morgan fingerprint density at radius 1 is 1.10 bits per heavy atom. The molecule has 0 aliphatic heterocycles. The van der Waals surface area contributed by atoms with E-state index in [1.54, 1.807) is 7.11 Å². The second kappa shape index (κ2) is 9.16. The summed E-state index contributed by atoms with van der Waals surface area (Å²) in [4.78, 5) is 12.0. The van der Waals surface area contributed by atoms with Crippen LogP contribution in [0.3, 0.4) is 0 Å². The van der Waals surface area contributed by atoms with Gasteiger partial charge in [-0.2, -0.15) is 0 Å². The van der Waals surface area contributed by atoms with Gasteiger partial charge in [0.1, 0.15) is 5.75 Å². The quantitative estimate of drug-likeness (QED) is 0.557. The number of carbonyl (C=O) groups is 1. The lowest BCUT2D eigenvalue weighted by Crippen LogP contribution is -2.16. The molecule has 0 spiro atoms. The van der Waals surface area contributed by atoms with Crippen LogP contribution in [0.15, 0.2) is 48.5 Å². The Bertz CT molecular complexity index is 1030. The van der Waals surface area contributed by atoms with Crippen LogP contribution >= 0.6 is 11.6 Å². The van der Waals surface area contributed by atoms with Gasteiger partial charge in [-0.25, -0.2) is 4.79 Å². The SMILES string of the molecule is COc1ccccc1CNCc1c(C(=O)O)c(C)n(Cc2cccc(Cl)c2)c1C. The van der Waals surface area contributed by atoms with E-state index in [9.17, 15) is 9.90 Å². The van der Waals surface area contributed by atoms with Crippen LogP contribution in [-0.2, 0) is 19.6 Å². The Labute approximate surface area is 175 Å². The van der Waals surface area contributed by atoms with Crippen LogP contribution in [-0.4, -0.2) is 22.8 Å². The van der Waals surface area contributed by atoms with Crippen molar-refractivity contribution in [2.24, 2.45) is 0 Å². The van der Waals surface area contributed by atoms with Gasteiger partial charge in [0, 0.05) is 47.2 Å². The number of nitrogens with one attached hydrogen (secondary N) is 1. The third-order valence-electron chi connectivity index (χ3n) is 5.16. The van der Waals surface area contributed by atoms with Crippen LogP contribution in [0.1, 0.15) is 38.4 Å². The molecule has 0 fully saturated rings. The molecule has 2 aromatic carbocycles. The van der Waals surface area contributed by atoms with E-state index >= 15 is 0 Å². The summed E-state index contributed by atoms with van der Waals surface area (Å²) in [6, 6.07) is 15.4. The first kappa shape index (κ1) is 21.0. The van der Waals surface area contributed by atoms with E-state index in [4.69, 9.17) is 16.3 Å². The summed E-state index contributed by atoms with van der Waals surface area (Å²) < 4.78 is 7.42. The van der Waals surface area contributed by atoms with Crippen LogP contribution in [0.5, 0.6) is 5.75 Å². The maximum absolute atomic E-state index is 12.0. The van der Waals surface area contributed by atoms with Crippen LogP contribution in [0.25, 0.3) is 0 Å². The summed E-state index contributed by atoms with van der Waals surface area (Å²) in [6.45, 7) is 5.43. The number of carboxylic acids is 1. The van der Waals surface area contributed by atoms with Crippen LogP contribution in [0.4, 0.5) is 0 Å². The molecule has 1 aromatic heterocycles. The van der Waals surface area contributed by atoms with Gasteiger partial charge in [0.2, 0.25) is 0 Å². The molecule has 3 aromatic rings. The fourth-order valence-electron chi connectivity index (χ4n) is 3.68. The molecule has 3 rings (SSSR count). The second-order valence-electron chi connectivity index (χ2n) is 6.96. The lowest BCUT2D eigenvalue weighted by atomic mass is 10.1. The van der Waals surface area contributed by atoms with E-state index in [2.05, 4.69) is 5.32 Å². The van der Waals surface area contributed by atoms with Gasteiger partial charge in [0.25, 0.3) is 0 Å². The van der Waals surface area contributed by atoms with Crippen molar-refractivity contribution in [3.63, 3.8) is 0 Å². The van der Waals surface area contributed by atoms with Gasteiger partial charge in [0.05, 0.1) is 12.7 Å². The van der Waals surface area contributed by atoms with E-state index in [-0.39, 0.29) is 0 Å². The fourth-order valence-corrected chi connectivity index (χ4v) is 3.89. The third-order valence-corrected chi connectivity index (χ3v) is 5.40. The highest BCUT2D eigenvalue weighted by atomic mass is 35.5. The molecule has 0 aliphatic rings. The monoisotopic (exact) mass is 412 g/mol. The van der Waals surface area contributed by atoms with Gasteiger partial charge < -0.3 is 19.7 Å². The third kappa shape index (κ3) is 4.63. The van der Waals surface area contributed by atoms with Crippen molar-refractivity contribution in [2.75, 3.05) is 7.11 Å². The van der Waals surface area contributed by atoms with Gasteiger partial charge in [-0.1, -0.05) is 41.9 Å². The minimum absolute atomic E-state index is 0.358. The molecule has 0 saturated heterocycles. The number of hydrogen-bond donors (Lipinski definition) is 2. The lowest BCUT2D eigenvalue weighted by Gasteiger charge is -2.11. The molecule has 0 radical (unpaired) electrons. The van der Waals surface area contributed by atoms with Crippen molar-refractivity contribution in [2.45, 2.75) is 33.5 Å².